The highest BCUT2D eigenvalue weighted by Crippen LogP contribution is 2.22. The molecule has 0 aliphatic carbocycles. The summed E-state index contributed by atoms with van der Waals surface area (Å²) in [4.78, 5) is -1.03. The number of sulfonamides is 1. The van der Waals surface area contributed by atoms with Gasteiger partial charge < -0.3 is 0 Å². The molecule has 3 rings (SSSR count). The molecule has 7 nitrogen and oxygen atoms in total. The first kappa shape index (κ1) is 15.0. The molecule has 23 heavy (non-hydrogen) atoms. The van der Waals surface area contributed by atoms with E-state index in [0.717, 1.165) is 18.2 Å². The van der Waals surface area contributed by atoms with Crippen molar-refractivity contribution in [2.45, 2.75) is 4.90 Å². The molecule has 0 amide bonds. The van der Waals surface area contributed by atoms with Crippen molar-refractivity contribution in [1.29, 1.82) is 0 Å². The van der Waals surface area contributed by atoms with E-state index in [2.05, 4.69) is 20.2 Å². The number of tetrazole rings is 1. The lowest BCUT2D eigenvalue weighted by molar-refractivity contribution is 0.521. The Morgan fingerprint density at radius 3 is 2.39 bits per heavy atom. The second-order valence-electron chi connectivity index (χ2n) is 4.46. The number of nitrogens with one attached hydrogen (secondary N) is 1. The van der Waals surface area contributed by atoms with E-state index >= 15 is 0 Å². The van der Waals surface area contributed by atoms with Crippen LogP contribution in [0.15, 0.2) is 53.7 Å². The van der Waals surface area contributed by atoms with Gasteiger partial charge in [0, 0.05) is 0 Å². The van der Waals surface area contributed by atoms with Gasteiger partial charge in [0.05, 0.1) is 11.4 Å². The third-order valence-corrected chi connectivity index (χ3v) is 4.33. The molecule has 1 heterocycles. The second-order valence-corrected chi connectivity index (χ2v) is 6.08. The van der Waals surface area contributed by atoms with Crippen LogP contribution in [0.3, 0.4) is 0 Å². The molecule has 10 heteroatoms. The van der Waals surface area contributed by atoms with Crippen molar-refractivity contribution in [3.63, 3.8) is 0 Å². The van der Waals surface area contributed by atoms with Crippen LogP contribution >= 0.6 is 0 Å². The number of hydrogen-bond donors (Lipinski definition) is 1. The highest BCUT2D eigenvalue weighted by molar-refractivity contribution is 7.92. The Balaban J connectivity index is 1.97. The smallest absolute Gasteiger partial charge is 0.267 e. The van der Waals surface area contributed by atoms with Crippen LogP contribution in [0.5, 0.6) is 0 Å². The summed E-state index contributed by atoms with van der Waals surface area (Å²) < 4.78 is 55.2. The van der Waals surface area contributed by atoms with Gasteiger partial charge in [0.25, 0.3) is 10.0 Å². The zero-order valence-corrected chi connectivity index (χ0v) is 12.2. The molecule has 1 N–H and O–H groups in total. The van der Waals surface area contributed by atoms with Crippen molar-refractivity contribution in [3.8, 4) is 5.69 Å². The summed E-state index contributed by atoms with van der Waals surface area (Å²) in [5, 5.41) is 10.6. The highest BCUT2D eigenvalue weighted by atomic mass is 32.2. The molecule has 0 atom stereocenters. The topological polar surface area (TPSA) is 89.8 Å². The van der Waals surface area contributed by atoms with E-state index in [1.807, 2.05) is 0 Å². The van der Waals surface area contributed by atoms with E-state index in [-0.39, 0.29) is 5.69 Å². The number of nitrogens with zero attached hydrogens (tertiary/aromatic N) is 4. The first-order valence-corrected chi connectivity index (χ1v) is 7.76. The van der Waals surface area contributed by atoms with Crippen molar-refractivity contribution in [2.75, 3.05) is 4.72 Å². The van der Waals surface area contributed by atoms with Gasteiger partial charge in [0.1, 0.15) is 18.0 Å². The number of rotatable bonds is 4. The first-order chi connectivity index (χ1) is 11.0. The van der Waals surface area contributed by atoms with Crippen LogP contribution in [0.2, 0.25) is 0 Å². The number of hydrogen-bond acceptors (Lipinski definition) is 5. The summed E-state index contributed by atoms with van der Waals surface area (Å²) in [5.74, 6) is -2.34. The van der Waals surface area contributed by atoms with E-state index < -0.39 is 26.6 Å². The fourth-order valence-corrected chi connectivity index (χ4v) is 3.13. The van der Waals surface area contributed by atoms with Crippen molar-refractivity contribution in [1.82, 2.24) is 20.2 Å². The van der Waals surface area contributed by atoms with Gasteiger partial charge in [-0.15, -0.1) is 5.10 Å². The van der Waals surface area contributed by atoms with Crippen LogP contribution in [0.4, 0.5) is 14.5 Å². The minimum Gasteiger partial charge on any atom is -0.279 e. The summed E-state index contributed by atoms with van der Waals surface area (Å²) in [6.45, 7) is 0. The quantitative estimate of drug-likeness (QED) is 0.783. The number of benzene rings is 2. The Bertz CT molecular complexity index is 925. The molecule has 0 fully saturated rings. The molecular formula is C13H9F2N5O2S. The lowest BCUT2D eigenvalue weighted by Crippen LogP contribution is -2.16. The fraction of sp³-hybridized carbons (Fsp3) is 0. The standard InChI is InChI=1S/C13H9F2N5O2S/c14-11-5-2-6-12(15)13(11)23(21,22)17-9-3-1-4-10(7-9)20-8-16-18-19-20/h1-8,17H. The van der Waals surface area contributed by atoms with E-state index in [1.165, 1.54) is 23.1 Å². The summed E-state index contributed by atoms with van der Waals surface area (Å²) in [7, 11) is -4.42. The largest absolute Gasteiger partial charge is 0.279 e. The molecule has 0 aliphatic heterocycles. The normalized spacial score (nSPS) is 11.4. The molecule has 118 valence electrons. The minimum atomic E-state index is -4.42. The third kappa shape index (κ3) is 3.01. The van der Waals surface area contributed by atoms with Crippen LogP contribution in [0, 0.1) is 11.6 Å². The maximum atomic E-state index is 13.7. The number of anilines is 1. The van der Waals surface area contributed by atoms with Crippen LogP contribution in [0.1, 0.15) is 0 Å². The van der Waals surface area contributed by atoms with Gasteiger partial charge in [-0.25, -0.2) is 21.9 Å². The summed E-state index contributed by atoms with van der Waals surface area (Å²) >= 11 is 0. The Labute approximate surface area is 129 Å². The van der Waals surface area contributed by atoms with Crippen molar-refractivity contribution >= 4 is 15.7 Å². The molecule has 0 radical (unpaired) electrons. The number of aromatic nitrogens is 4. The van der Waals surface area contributed by atoms with Crippen molar-refractivity contribution in [3.05, 3.63) is 60.4 Å². The molecule has 0 aliphatic rings. The van der Waals surface area contributed by atoms with E-state index in [1.54, 1.807) is 12.1 Å². The van der Waals surface area contributed by atoms with Crippen LogP contribution < -0.4 is 4.72 Å². The summed E-state index contributed by atoms with van der Waals surface area (Å²) in [6.07, 6.45) is 1.32. The zero-order valence-electron chi connectivity index (χ0n) is 11.4. The average Bonchev–Trinajstić information content (AvgIpc) is 3.00. The van der Waals surface area contributed by atoms with Gasteiger partial charge in [-0.1, -0.05) is 12.1 Å². The molecule has 1 aromatic heterocycles. The zero-order chi connectivity index (χ0) is 16.4. The summed E-state index contributed by atoms with van der Waals surface area (Å²) in [5.41, 5.74) is 0.588. The first-order valence-electron chi connectivity index (χ1n) is 6.27. The fourth-order valence-electron chi connectivity index (χ4n) is 1.94. The SMILES string of the molecule is O=S(=O)(Nc1cccc(-n2cnnn2)c1)c1c(F)cccc1F. The van der Waals surface area contributed by atoms with Gasteiger partial charge >= 0.3 is 0 Å². The molecule has 0 saturated heterocycles. The molecule has 0 spiro atoms. The molecule has 0 saturated carbocycles. The Morgan fingerprint density at radius 2 is 1.74 bits per heavy atom. The molecule has 2 aromatic carbocycles. The Morgan fingerprint density at radius 1 is 1.04 bits per heavy atom. The summed E-state index contributed by atoms with van der Waals surface area (Å²) in [6, 6.07) is 8.87. The monoisotopic (exact) mass is 337 g/mol. The maximum Gasteiger partial charge on any atom is 0.267 e. The van der Waals surface area contributed by atoms with Gasteiger partial charge in [0.2, 0.25) is 0 Å². The van der Waals surface area contributed by atoms with E-state index in [9.17, 15) is 17.2 Å². The Hall–Kier alpha value is -2.88. The van der Waals surface area contributed by atoms with Gasteiger partial charge in [0.15, 0.2) is 4.90 Å². The van der Waals surface area contributed by atoms with Crippen LogP contribution in [-0.2, 0) is 10.0 Å². The lowest BCUT2D eigenvalue weighted by atomic mass is 10.3. The van der Waals surface area contributed by atoms with Crippen molar-refractivity contribution in [2.24, 2.45) is 0 Å². The molecular weight excluding hydrogens is 328 g/mol. The average molecular weight is 337 g/mol. The highest BCUT2D eigenvalue weighted by Gasteiger charge is 2.23. The molecule has 3 aromatic rings. The van der Waals surface area contributed by atoms with Gasteiger partial charge in [-0.3, -0.25) is 4.72 Å². The predicted molar refractivity (Wildman–Crippen MR) is 76.3 cm³/mol. The lowest BCUT2D eigenvalue weighted by Gasteiger charge is -2.10. The van der Waals surface area contributed by atoms with Crippen LogP contribution in [-0.4, -0.2) is 28.6 Å². The minimum absolute atomic E-state index is 0.112. The van der Waals surface area contributed by atoms with E-state index in [0.29, 0.717) is 5.69 Å². The molecule has 0 unspecified atom stereocenters. The second kappa shape index (κ2) is 5.72. The van der Waals surface area contributed by atoms with Gasteiger partial charge in [-0.2, -0.15) is 0 Å². The van der Waals surface area contributed by atoms with Crippen LogP contribution in [0.25, 0.3) is 5.69 Å². The van der Waals surface area contributed by atoms with Crippen molar-refractivity contribution < 1.29 is 17.2 Å². The third-order valence-electron chi connectivity index (χ3n) is 2.90. The maximum absolute atomic E-state index is 13.7. The predicted octanol–water partition coefficient (Wildman–Crippen LogP) is 1.74. The van der Waals surface area contributed by atoms with E-state index in [4.69, 9.17) is 0 Å². The molecule has 0 bridgehead atoms. The van der Waals surface area contributed by atoms with Gasteiger partial charge in [-0.05, 0) is 40.8 Å². The number of halogens is 2. The Kier molecular flexibility index (Phi) is 3.74.